The third kappa shape index (κ3) is 4.93. The average Bonchev–Trinajstić information content (AvgIpc) is 2.48. The first-order valence-corrected chi connectivity index (χ1v) is 9.70. The highest BCUT2D eigenvalue weighted by Gasteiger charge is 2.25. The molecule has 1 aromatic carbocycles. The third-order valence-corrected chi connectivity index (χ3v) is 6.41. The molecule has 4 unspecified atom stereocenters. The molecule has 1 aromatic rings. The van der Waals surface area contributed by atoms with E-state index in [9.17, 15) is 4.21 Å². The van der Waals surface area contributed by atoms with Crippen LogP contribution in [0.5, 0.6) is 0 Å². The van der Waals surface area contributed by atoms with E-state index >= 15 is 0 Å². The summed E-state index contributed by atoms with van der Waals surface area (Å²) in [6.07, 6.45) is 7.00. The van der Waals surface area contributed by atoms with Gasteiger partial charge in [0.25, 0.3) is 0 Å². The van der Waals surface area contributed by atoms with Gasteiger partial charge in [0.15, 0.2) is 0 Å². The van der Waals surface area contributed by atoms with Crippen LogP contribution in [0.15, 0.2) is 24.3 Å². The number of nitrogens with two attached hydrogens (primary N) is 1. The molecule has 2 N–H and O–H groups in total. The molecule has 0 amide bonds. The molecule has 118 valence electrons. The topological polar surface area (TPSA) is 43.1 Å². The van der Waals surface area contributed by atoms with Crippen molar-refractivity contribution < 1.29 is 4.21 Å². The van der Waals surface area contributed by atoms with Gasteiger partial charge in [0.05, 0.1) is 0 Å². The Balaban J connectivity index is 1.90. The van der Waals surface area contributed by atoms with Crippen molar-refractivity contribution in [1.29, 1.82) is 0 Å². The van der Waals surface area contributed by atoms with E-state index in [0.717, 1.165) is 37.2 Å². The Morgan fingerprint density at radius 3 is 2.62 bits per heavy atom. The highest BCUT2D eigenvalue weighted by Crippen LogP contribution is 2.28. The minimum absolute atomic E-state index is 0.0984. The van der Waals surface area contributed by atoms with Gasteiger partial charge in [0, 0.05) is 27.8 Å². The molecule has 0 spiro atoms. The fourth-order valence-corrected chi connectivity index (χ4v) is 5.04. The Morgan fingerprint density at radius 1 is 1.29 bits per heavy atom. The van der Waals surface area contributed by atoms with Crippen LogP contribution in [0.1, 0.15) is 63.1 Å². The maximum Gasteiger partial charge on any atom is 0.0431 e. The van der Waals surface area contributed by atoms with Gasteiger partial charge in [-0.15, -0.1) is 0 Å². The van der Waals surface area contributed by atoms with Crippen molar-refractivity contribution in [2.45, 2.75) is 63.7 Å². The van der Waals surface area contributed by atoms with Gasteiger partial charge in [-0.3, -0.25) is 4.21 Å². The van der Waals surface area contributed by atoms with Crippen molar-refractivity contribution in [3.05, 3.63) is 35.4 Å². The van der Waals surface area contributed by atoms with E-state index in [-0.39, 0.29) is 6.04 Å². The minimum Gasteiger partial charge on any atom is -0.323 e. The summed E-state index contributed by atoms with van der Waals surface area (Å²) in [7, 11) is -0.791. The minimum atomic E-state index is -0.791. The van der Waals surface area contributed by atoms with Crippen molar-refractivity contribution in [3.63, 3.8) is 0 Å². The van der Waals surface area contributed by atoms with Gasteiger partial charge < -0.3 is 5.73 Å². The van der Waals surface area contributed by atoms with Gasteiger partial charge in [-0.2, -0.15) is 0 Å². The largest absolute Gasteiger partial charge is 0.323 e. The van der Waals surface area contributed by atoms with Gasteiger partial charge in [-0.25, -0.2) is 0 Å². The maximum absolute atomic E-state index is 12.5. The lowest BCUT2D eigenvalue weighted by molar-refractivity contribution is 0.389. The van der Waals surface area contributed by atoms with Crippen LogP contribution in [0.3, 0.4) is 0 Å². The molecule has 2 rings (SSSR count). The number of hydrogen-bond acceptors (Lipinski definition) is 2. The molecule has 4 atom stereocenters. The van der Waals surface area contributed by atoms with E-state index in [1.165, 1.54) is 18.4 Å². The molecule has 1 fully saturated rings. The lowest BCUT2D eigenvalue weighted by atomic mass is 9.91. The van der Waals surface area contributed by atoms with Crippen LogP contribution in [0.25, 0.3) is 0 Å². The molecule has 0 aliphatic heterocycles. The molecule has 0 aromatic heterocycles. The van der Waals surface area contributed by atoms with Crippen LogP contribution in [-0.4, -0.2) is 15.2 Å². The van der Waals surface area contributed by atoms with Gasteiger partial charge >= 0.3 is 0 Å². The smallest absolute Gasteiger partial charge is 0.0431 e. The second-order valence-electron chi connectivity index (χ2n) is 6.54. The molecule has 0 saturated heterocycles. The predicted octanol–water partition coefficient (Wildman–Crippen LogP) is 3.97. The molecule has 3 heteroatoms. The van der Waals surface area contributed by atoms with E-state index in [2.05, 4.69) is 38.1 Å². The van der Waals surface area contributed by atoms with Crippen LogP contribution >= 0.6 is 0 Å². The quantitative estimate of drug-likeness (QED) is 0.864. The van der Waals surface area contributed by atoms with Crippen LogP contribution in [0.4, 0.5) is 0 Å². The molecule has 0 heterocycles. The van der Waals surface area contributed by atoms with E-state index in [0.29, 0.717) is 11.0 Å². The normalized spacial score (nSPS) is 25.5. The highest BCUT2D eigenvalue weighted by atomic mass is 32.2. The molecular weight excluding hydrogens is 278 g/mol. The Bertz CT molecular complexity index is 457. The van der Waals surface area contributed by atoms with Crippen LogP contribution in [0.2, 0.25) is 0 Å². The van der Waals surface area contributed by atoms with E-state index in [1.54, 1.807) is 0 Å². The van der Waals surface area contributed by atoms with E-state index in [4.69, 9.17) is 5.73 Å². The summed E-state index contributed by atoms with van der Waals surface area (Å²) >= 11 is 0. The van der Waals surface area contributed by atoms with Crippen molar-refractivity contribution in [2.24, 2.45) is 11.7 Å². The first kappa shape index (κ1) is 16.7. The summed E-state index contributed by atoms with van der Waals surface area (Å²) in [6, 6.07) is 8.43. The molecule has 2 nitrogen and oxygen atoms in total. The second kappa shape index (κ2) is 8.09. The monoisotopic (exact) mass is 307 g/mol. The summed E-state index contributed by atoms with van der Waals surface area (Å²) < 4.78 is 12.5. The molecule has 1 aliphatic rings. The zero-order valence-electron chi connectivity index (χ0n) is 13.4. The Morgan fingerprint density at radius 2 is 2.00 bits per heavy atom. The lowest BCUT2D eigenvalue weighted by Gasteiger charge is -2.27. The summed E-state index contributed by atoms with van der Waals surface area (Å²) in [6.45, 7) is 4.46. The Hall–Kier alpha value is -0.670. The van der Waals surface area contributed by atoms with E-state index in [1.807, 2.05) is 0 Å². The van der Waals surface area contributed by atoms with Crippen molar-refractivity contribution >= 4 is 10.8 Å². The molecule has 1 aliphatic carbocycles. The standard InChI is InChI=1S/C18H29NOS/c1-3-5-15-8-10-16(11-9-15)18(19)13-21(20)17-7-4-6-14(2)12-17/h8-11,14,17-18H,3-7,12-13,19H2,1-2H3. The van der Waals surface area contributed by atoms with Crippen molar-refractivity contribution in [1.82, 2.24) is 0 Å². The first-order valence-electron chi connectivity index (χ1n) is 8.31. The molecule has 0 radical (unpaired) electrons. The van der Waals surface area contributed by atoms with Crippen molar-refractivity contribution in [3.8, 4) is 0 Å². The predicted molar refractivity (Wildman–Crippen MR) is 91.8 cm³/mol. The van der Waals surface area contributed by atoms with Crippen molar-refractivity contribution in [2.75, 3.05) is 5.75 Å². The van der Waals surface area contributed by atoms with Gasteiger partial charge in [0.1, 0.15) is 0 Å². The SMILES string of the molecule is CCCc1ccc(C(N)CS(=O)C2CCCC(C)C2)cc1. The Kier molecular flexibility index (Phi) is 6.43. The van der Waals surface area contributed by atoms with Crippen LogP contribution in [0, 0.1) is 5.92 Å². The number of aryl methyl sites for hydroxylation is 1. The maximum atomic E-state index is 12.5. The highest BCUT2D eigenvalue weighted by molar-refractivity contribution is 7.85. The first-order chi connectivity index (χ1) is 10.1. The summed E-state index contributed by atoms with van der Waals surface area (Å²) in [4.78, 5) is 0. The molecule has 21 heavy (non-hydrogen) atoms. The summed E-state index contributed by atoms with van der Waals surface area (Å²) in [5.74, 6) is 1.32. The fourth-order valence-electron chi connectivity index (χ4n) is 3.25. The number of benzene rings is 1. The molecule has 1 saturated carbocycles. The number of hydrogen-bond donors (Lipinski definition) is 1. The van der Waals surface area contributed by atoms with Crippen LogP contribution < -0.4 is 5.73 Å². The molecule has 0 bridgehead atoms. The zero-order valence-corrected chi connectivity index (χ0v) is 14.2. The van der Waals surface area contributed by atoms with Gasteiger partial charge in [-0.1, -0.05) is 57.4 Å². The lowest BCUT2D eigenvalue weighted by Crippen LogP contribution is -2.29. The van der Waals surface area contributed by atoms with Gasteiger partial charge in [0.2, 0.25) is 0 Å². The van der Waals surface area contributed by atoms with E-state index < -0.39 is 10.8 Å². The summed E-state index contributed by atoms with van der Waals surface area (Å²) in [5.41, 5.74) is 8.74. The number of rotatable bonds is 6. The Labute approximate surface area is 132 Å². The third-order valence-electron chi connectivity index (χ3n) is 4.55. The molecular formula is C18H29NOS. The van der Waals surface area contributed by atoms with Gasteiger partial charge in [-0.05, 0) is 36.3 Å². The fraction of sp³-hybridized carbons (Fsp3) is 0.667. The van der Waals surface area contributed by atoms with Crippen LogP contribution in [-0.2, 0) is 17.2 Å². The zero-order chi connectivity index (χ0) is 15.2. The average molecular weight is 308 g/mol. The second-order valence-corrected chi connectivity index (χ2v) is 8.30. The summed E-state index contributed by atoms with van der Waals surface area (Å²) in [5, 5.41) is 0.360.